The summed E-state index contributed by atoms with van der Waals surface area (Å²) < 4.78 is 4.02. The molecule has 0 saturated heterocycles. The van der Waals surface area contributed by atoms with Crippen molar-refractivity contribution in [3.05, 3.63) is 23.2 Å². The average Bonchev–Trinajstić information content (AvgIpc) is 2.47. The van der Waals surface area contributed by atoms with Crippen molar-refractivity contribution >= 4 is 28.5 Å². The van der Waals surface area contributed by atoms with Crippen molar-refractivity contribution < 1.29 is 4.79 Å². The lowest BCUT2D eigenvalue weighted by atomic mass is 10.3. The Kier molecular flexibility index (Phi) is 1.51. The number of amides is 1. The van der Waals surface area contributed by atoms with Gasteiger partial charge in [-0.2, -0.15) is 4.37 Å². The number of aromatic nitrogens is 2. The van der Waals surface area contributed by atoms with E-state index in [-0.39, 0.29) is 0 Å². The smallest absolute Gasteiger partial charge is 0.262 e. The number of rotatable bonds is 1. The lowest BCUT2D eigenvalue weighted by Crippen LogP contribution is -2.09. The van der Waals surface area contributed by atoms with E-state index in [1.807, 2.05) is 0 Å². The molecular formula is C7H5N3OS. The number of carbonyl (C=O) groups excluding carboxylic acids is 1. The second kappa shape index (κ2) is 2.53. The number of fused-ring (bicyclic) bond motifs is 1. The molecule has 1 amide bonds. The fraction of sp³-hybridized carbons (Fsp3) is 0. The number of hydrogen-bond donors (Lipinski definition) is 1. The Morgan fingerprint density at radius 2 is 2.42 bits per heavy atom. The molecule has 2 rings (SSSR count). The van der Waals surface area contributed by atoms with Gasteiger partial charge in [0.05, 0.1) is 0 Å². The lowest BCUT2D eigenvalue weighted by molar-refractivity contribution is 0.101. The van der Waals surface area contributed by atoms with E-state index in [1.54, 1.807) is 18.3 Å². The molecule has 0 spiro atoms. The van der Waals surface area contributed by atoms with Gasteiger partial charge in [0.2, 0.25) is 0 Å². The van der Waals surface area contributed by atoms with Gasteiger partial charge in [0.1, 0.15) is 15.9 Å². The molecule has 2 heterocycles. The second-order valence-corrected chi connectivity index (χ2v) is 3.02. The quantitative estimate of drug-likeness (QED) is 0.703. The highest BCUT2D eigenvalue weighted by Crippen LogP contribution is 2.18. The van der Waals surface area contributed by atoms with Gasteiger partial charge in [-0.3, -0.25) is 9.78 Å². The summed E-state index contributed by atoms with van der Waals surface area (Å²) in [5, 5.41) is 0. The van der Waals surface area contributed by atoms with Crippen LogP contribution in [0, 0.1) is 0 Å². The summed E-state index contributed by atoms with van der Waals surface area (Å²) in [6, 6.07) is 3.57. The van der Waals surface area contributed by atoms with Crippen LogP contribution in [0.15, 0.2) is 18.3 Å². The van der Waals surface area contributed by atoms with Crippen LogP contribution in [0.4, 0.5) is 0 Å². The summed E-state index contributed by atoms with van der Waals surface area (Å²) in [6.07, 6.45) is 1.61. The number of nitrogens with zero attached hydrogens (tertiary/aromatic N) is 2. The van der Waals surface area contributed by atoms with Gasteiger partial charge >= 0.3 is 0 Å². The monoisotopic (exact) mass is 179 g/mol. The van der Waals surface area contributed by atoms with E-state index in [9.17, 15) is 4.79 Å². The molecular weight excluding hydrogens is 174 g/mol. The van der Waals surface area contributed by atoms with Gasteiger partial charge in [-0.1, -0.05) is 0 Å². The number of carbonyl (C=O) groups is 1. The van der Waals surface area contributed by atoms with Crippen LogP contribution in [-0.4, -0.2) is 15.3 Å². The third-order valence-electron chi connectivity index (χ3n) is 1.46. The highest BCUT2D eigenvalue weighted by atomic mass is 32.1. The molecule has 4 nitrogen and oxygen atoms in total. The largest absolute Gasteiger partial charge is 0.365 e. The maximum atomic E-state index is 10.8. The molecule has 0 aliphatic heterocycles. The molecule has 0 radical (unpaired) electrons. The molecule has 12 heavy (non-hydrogen) atoms. The van der Waals surface area contributed by atoms with Crippen molar-refractivity contribution in [1.29, 1.82) is 0 Å². The first-order valence-corrected chi connectivity index (χ1v) is 4.06. The van der Waals surface area contributed by atoms with Crippen LogP contribution in [-0.2, 0) is 0 Å². The van der Waals surface area contributed by atoms with Crippen molar-refractivity contribution in [1.82, 2.24) is 9.36 Å². The van der Waals surface area contributed by atoms with Gasteiger partial charge in [-0.25, -0.2) is 0 Å². The molecule has 0 aliphatic carbocycles. The van der Waals surface area contributed by atoms with E-state index in [4.69, 9.17) is 5.73 Å². The first-order chi connectivity index (χ1) is 5.79. The highest BCUT2D eigenvalue weighted by molar-refractivity contribution is 7.09. The fourth-order valence-electron chi connectivity index (χ4n) is 0.945. The molecule has 5 heteroatoms. The zero-order valence-corrected chi connectivity index (χ0v) is 6.84. The van der Waals surface area contributed by atoms with E-state index in [0.29, 0.717) is 10.4 Å². The van der Waals surface area contributed by atoms with Crippen LogP contribution in [0.5, 0.6) is 0 Å². The fourth-order valence-corrected chi connectivity index (χ4v) is 1.62. The summed E-state index contributed by atoms with van der Waals surface area (Å²) >= 11 is 1.08. The van der Waals surface area contributed by atoms with Crippen LogP contribution < -0.4 is 5.73 Å². The minimum atomic E-state index is -0.471. The summed E-state index contributed by atoms with van der Waals surface area (Å²) in [4.78, 5) is 15.3. The van der Waals surface area contributed by atoms with Gasteiger partial charge in [0.25, 0.3) is 5.91 Å². The predicted octanol–water partition coefficient (Wildman–Crippen LogP) is 0.790. The Bertz CT molecular complexity index is 437. The van der Waals surface area contributed by atoms with Gasteiger partial charge in [0, 0.05) is 6.20 Å². The van der Waals surface area contributed by atoms with Gasteiger partial charge in [-0.15, -0.1) is 0 Å². The average molecular weight is 179 g/mol. The molecule has 0 atom stereocenters. The van der Waals surface area contributed by atoms with Crippen LogP contribution >= 0.6 is 11.5 Å². The first kappa shape index (κ1) is 7.17. The van der Waals surface area contributed by atoms with E-state index < -0.39 is 5.91 Å². The van der Waals surface area contributed by atoms with Crippen molar-refractivity contribution in [3.8, 4) is 0 Å². The minimum Gasteiger partial charge on any atom is -0.365 e. The molecule has 2 N–H and O–H groups in total. The maximum absolute atomic E-state index is 10.8. The number of hydrogen-bond acceptors (Lipinski definition) is 4. The summed E-state index contributed by atoms with van der Waals surface area (Å²) in [5.74, 6) is -0.471. The van der Waals surface area contributed by atoms with Gasteiger partial charge in [-0.05, 0) is 23.7 Å². The molecule has 0 fully saturated rings. The molecule has 0 bridgehead atoms. The summed E-state index contributed by atoms with van der Waals surface area (Å²) in [7, 11) is 0. The van der Waals surface area contributed by atoms with E-state index in [0.717, 1.165) is 17.0 Å². The van der Waals surface area contributed by atoms with Crippen LogP contribution in [0.25, 0.3) is 11.0 Å². The Labute approximate surface area is 72.2 Å². The SMILES string of the molecule is NC(=O)c1snc2cccnc12. The first-order valence-electron chi connectivity index (χ1n) is 3.29. The van der Waals surface area contributed by atoms with E-state index in [2.05, 4.69) is 9.36 Å². The van der Waals surface area contributed by atoms with Crippen molar-refractivity contribution in [2.24, 2.45) is 5.73 Å². The Morgan fingerprint density at radius 1 is 1.58 bits per heavy atom. The van der Waals surface area contributed by atoms with E-state index >= 15 is 0 Å². The van der Waals surface area contributed by atoms with Gasteiger partial charge < -0.3 is 5.73 Å². The minimum absolute atomic E-state index is 0.422. The second-order valence-electron chi connectivity index (χ2n) is 2.25. The van der Waals surface area contributed by atoms with Crippen LogP contribution in [0.2, 0.25) is 0 Å². The number of pyridine rings is 1. The molecule has 2 aromatic rings. The molecule has 0 aromatic carbocycles. The molecule has 2 aromatic heterocycles. The molecule has 0 saturated carbocycles. The van der Waals surface area contributed by atoms with Crippen molar-refractivity contribution in [2.45, 2.75) is 0 Å². The predicted molar refractivity (Wildman–Crippen MR) is 45.9 cm³/mol. The van der Waals surface area contributed by atoms with Crippen LogP contribution in [0.3, 0.4) is 0 Å². The molecule has 0 unspecified atom stereocenters. The van der Waals surface area contributed by atoms with Crippen molar-refractivity contribution in [2.75, 3.05) is 0 Å². The Balaban J connectivity index is 2.79. The molecule has 0 aliphatic rings. The third-order valence-corrected chi connectivity index (χ3v) is 2.33. The normalized spacial score (nSPS) is 10.3. The molecule has 60 valence electrons. The topological polar surface area (TPSA) is 68.9 Å². The summed E-state index contributed by atoms with van der Waals surface area (Å²) in [5.41, 5.74) is 6.43. The summed E-state index contributed by atoms with van der Waals surface area (Å²) in [6.45, 7) is 0. The zero-order valence-electron chi connectivity index (χ0n) is 6.02. The van der Waals surface area contributed by atoms with Gasteiger partial charge in [0.15, 0.2) is 0 Å². The standard InChI is InChI=1S/C7H5N3OS/c8-7(11)6-5-4(10-12-6)2-1-3-9-5/h1-3H,(H2,8,11). The number of primary amides is 1. The van der Waals surface area contributed by atoms with E-state index in [1.165, 1.54) is 0 Å². The Hall–Kier alpha value is -1.49. The highest BCUT2D eigenvalue weighted by Gasteiger charge is 2.10. The number of nitrogens with two attached hydrogens (primary N) is 1. The Morgan fingerprint density at radius 3 is 3.17 bits per heavy atom. The lowest BCUT2D eigenvalue weighted by Gasteiger charge is -1.87. The zero-order chi connectivity index (χ0) is 8.55. The maximum Gasteiger partial charge on any atom is 0.262 e. The van der Waals surface area contributed by atoms with Crippen LogP contribution in [0.1, 0.15) is 9.67 Å². The van der Waals surface area contributed by atoms with Crippen molar-refractivity contribution in [3.63, 3.8) is 0 Å². The third kappa shape index (κ3) is 0.947.